The number of nitrogens with two attached hydrogens (primary N) is 1. The van der Waals surface area contributed by atoms with E-state index in [1.54, 1.807) is 31.4 Å². The number of nitrogens with one attached hydrogen (secondary N) is 1. The normalized spacial score (nSPS) is 11.0. The van der Waals surface area contributed by atoms with Crippen molar-refractivity contribution in [2.75, 3.05) is 0 Å². The summed E-state index contributed by atoms with van der Waals surface area (Å²) in [6.07, 6.45) is 1.74. The Bertz CT molecular complexity index is 924. The molecule has 5 nitrogen and oxygen atoms in total. The number of nitrogens with zero attached hydrogens (tertiary/aromatic N) is 1. The van der Waals surface area contributed by atoms with Gasteiger partial charge < -0.3 is 15.3 Å². The number of aromatic nitrogens is 2. The van der Waals surface area contributed by atoms with Crippen LogP contribution in [-0.4, -0.2) is 15.5 Å². The first kappa shape index (κ1) is 13.6. The third kappa shape index (κ3) is 2.27. The Morgan fingerprint density at radius 1 is 1.29 bits per heavy atom. The lowest BCUT2D eigenvalue weighted by molar-refractivity contribution is 0.100. The maximum absolute atomic E-state index is 11.5. The lowest BCUT2D eigenvalue weighted by Gasteiger charge is -2.01. The second-order valence-corrected chi connectivity index (χ2v) is 5.65. The molecule has 3 rings (SSSR count). The molecule has 0 saturated heterocycles. The molecule has 21 heavy (non-hydrogen) atoms. The summed E-state index contributed by atoms with van der Waals surface area (Å²) >= 11 is 3.46. The van der Waals surface area contributed by atoms with Gasteiger partial charge in [-0.2, -0.15) is 0 Å². The van der Waals surface area contributed by atoms with Gasteiger partial charge in [0.25, 0.3) is 5.91 Å². The molecule has 2 heterocycles. The van der Waals surface area contributed by atoms with Crippen LogP contribution in [0.15, 0.2) is 45.8 Å². The monoisotopic (exact) mass is 345 g/mol. The Kier molecular flexibility index (Phi) is 3.17. The van der Waals surface area contributed by atoms with Crippen molar-refractivity contribution in [2.45, 2.75) is 0 Å². The van der Waals surface area contributed by atoms with Crippen molar-refractivity contribution < 1.29 is 4.79 Å². The van der Waals surface area contributed by atoms with Gasteiger partial charge in [0.2, 0.25) is 5.56 Å². The predicted octanol–water partition coefficient (Wildman–Crippen LogP) is 2.39. The number of halogens is 1. The van der Waals surface area contributed by atoms with Crippen molar-refractivity contribution in [3.8, 4) is 11.3 Å². The molecule has 0 radical (unpaired) electrons. The van der Waals surface area contributed by atoms with Crippen LogP contribution in [0.1, 0.15) is 10.4 Å². The first-order valence-electron chi connectivity index (χ1n) is 6.25. The van der Waals surface area contributed by atoms with E-state index in [0.29, 0.717) is 11.1 Å². The van der Waals surface area contributed by atoms with E-state index in [0.717, 1.165) is 21.1 Å². The fourth-order valence-corrected chi connectivity index (χ4v) is 2.74. The molecule has 0 fully saturated rings. The third-order valence-electron chi connectivity index (χ3n) is 3.40. The third-order valence-corrected chi connectivity index (χ3v) is 4.09. The molecule has 3 N–H and O–H groups in total. The Hall–Kier alpha value is -2.34. The Morgan fingerprint density at radius 2 is 2.05 bits per heavy atom. The highest BCUT2D eigenvalue weighted by atomic mass is 79.9. The molecule has 0 aliphatic carbocycles. The minimum atomic E-state index is -0.485. The number of aryl methyl sites for hydroxylation is 1. The van der Waals surface area contributed by atoms with Crippen LogP contribution in [0.5, 0.6) is 0 Å². The minimum absolute atomic E-state index is 0.0751. The quantitative estimate of drug-likeness (QED) is 0.747. The number of hydrogen-bond acceptors (Lipinski definition) is 2. The summed E-state index contributed by atoms with van der Waals surface area (Å²) in [5, 5.41) is 0.871. The molecule has 0 aliphatic rings. The molecule has 6 heteroatoms. The average molecular weight is 346 g/mol. The summed E-state index contributed by atoms with van der Waals surface area (Å²) in [4.78, 5) is 26.2. The number of primary amides is 1. The molecule has 2 aromatic heterocycles. The maximum Gasteiger partial charge on any atom is 0.250 e. The fourth-order valence-electron chi connectivity index (χ4n) is 2.30. The highest BCUT2D eigenvalue weighted by Crippen LogP contribution is 2.31. The lowest BCUT2D eigenvalue weighted by atomic mass is 10.1. The van der Waals surface area contributed by atoms with Crippen molar-refractivity contribution >= 4 is 32.7 Å². The molecule has 0 unspecified atom stereocenters. The van der Waals surface area contributed by atoms with Gasteiger partial charge in [-0.1, -0.05) is 15.9 Å². The summed E-state index contributed by atoms with van der Waals surface area (Å²) in [5.41, 5.74) is 8.11. The smallest absolute Gasteiger partial charge is 0.250 e. The van der Waals surface area contributed by atoms with E-state index in [-0.39, 0.29) is 5.56 Å². The highest BCUT2D eigenvalue weighted by molar-refractivity contribution is 9.10. The molecule has 0 aliphatic heterocycles. The van der Waals surface area contributed by atoms with Crippen LogP contribution in [0.2, 0.25) is 0 Å². The Morgan fingerprint density at radius 3 is 2.71 bits per heavy atom. The van der Waals surface area contributed by atoms with E-state index in [1.807, 2.05) is 6.07 Å². The molecule has 0 saturated carbocycles. The van der Waals surface area contributed by atoms with Gasteiger partial charge in [-0.05, 0) is 24.3 Å². The zero-order valence-electron chi connectivity index (χ0n) is 11.2. The number of hydrogen-bond donors (Lipinski definition) is 2. The van der Waals surface area contributed by atoms with Gasteiger partial charge in [-0.3, -0.25) is 9.59 Å². The summed E-state index contributed by atoms with van der Waals surface area (Å²) in [6.45, 7) is 0. The van der Waals surface area contributed by atoms with Gasteiger partial charge in [-0.25, -0.2) is 0 Å². The van der Waals surface area contributed by atoms with E-state index in [2.05, 4.69) is 20.9 Å². The summed E-state index contributed by atoms with van der Waals surface area (Å²) < 4.78 is 2.38. The van der Waals surface area contributed by atoms with Crippen LogP contribution in [0.3, 0.4) is 0 Å². The number of carbonyl (C=O) groups is 1. The molecule has 0 spiro atoms. The first-order valence-corrected chi connectivity index (χ1v) is 7.05. The number of H-pyrrole nitrogens is 1. The topological polar surface area (TPSA) is 80.9 Å². The lowest BCUT2D eigenvalue weighted by Crippen LogP contribution is -2.13. The van der Waals surface area contributed by atoms with Gasteiger partial charge in [-0.15, -0.1) is 0 Å². The van der Waals surface area contributed by atoms with Crippen molar-refractivity contribution in [1.82, 2.24) is 9.55 Å². The average Bonchev–Trinajstić information content (AvgIpc) is 2.87. The van der Waals surface area contributed by atoms with Crippen LogP contribution in [0, 0.1) is 0 Å². The van der Waals surface area contributed by atoms with Gasteiger partial charge in [0.15, 0.2) is 0 Å². The number of amides is 1. The van der Waals surface area contributed by atoms with Crippen LogP contribution in [0.25, 0.3) is 22.2 Å². The van der Waals surface area contributed by atoms with E-state index in [4.69, 9.17) is 5.73 Å². The minimum Gasteiger partial charge on any atom is -0.366 e. The molecule has 0 atom stereocenters. The number of fused-ring (bicyclic) bond motifs is 1. The van der Waals surface area contributed by atoms with Gasteiger partial charge in [0.05, 0.1) is 11.1 Å². The summed E-state index contributed by atoms with van der Waals surface area (Å²) in [7, 11) is 1.69. The molecule has 1 aromatic carbocycles. The van der Waals surface area contributed by atoms with Crippen molar-refractivity contribution in [3.05, 3.63) is 56.9 Å². The van der Waals surface area contributed by atoms with E-state index >= 15 is 0 Å². The van der Waals surface area contributed by atoms with Gasteiger partial charge in [0.1, 0.15) is 0 Å². The van der Waals surface area contributed by atoms with E-state index in [1.165, 1.54) is 10.6 Å². The van der Waals surface area contributed by atoms with E-state index in [9.17, 15) is 9.59 Å². The number of rotatable bonds is 2. The summed E-state index contributed by atoms with van der Waals surface area (Å²) in [6, 6.07) is 8.64. The van der Waals surface area contributed by atoms with Crippen molar-refractivity contribution in [3.63, 3.8) is 0 Å². The van der Waals surface area contributed by atoms with Crippen LogP contribution in [-0.2, 0) is 7.05 Å². The SMILES string of the molecule is Cn1cc(-c2cc3c(Br)ccc(C(N)=O)c3[nH]2)ccc1=O. The van der Waals surface area contributed by atoms with Crippen molar-refractivity contribution in [1.29, 1.82) is 0 Å². The fraction of sp³-hybridized carbons (Fsp3) is 0.0667. The Labute approximate surface area is 128 Å². The zero-order valence-corrected chi connectivity index (χ0v) is 12.8. The number of carbonyl (C=O) groups excluding carboxylic acids is 1. The standard InChI is InChI=1S/C15H12BrN3O2/c1-19-7-8(2-5-13(19)20)12-6-10-11(16)4-3-9(15(17)21)14(10)18-12/h2-7,18H,1H3,(H2,17,21). The van der Waals surface area contributed by atoms with Gasteiger partial charge in [0, 0.05) is 40.4 Å². The molecular formula is C15H12BrN3O2. The Balaban J connectivity index is 2.27. The molecule has 1 amide bonds. The van der Waals surface area contributed by atoms with E-state index < -0.39 is 5.91 Å². The van der Waals surface area contributed by atoms with Crippen LogP contribution < -0.4 is 11.3 Å². The second-order valence-electron chi connectivity index (χ2n) is 4.80. The number of benzene rings is 1. The van der Waals surface area contributed by atoms with Crippen molar-refractivity contribution in [2.24, 2.45) is 12.8 Å². The molecule has 3 aromatic rings. The predicted molar refractivity (Wildman–Crippen MR) is 85.2 cm³/mol. The first-order chi connectivity index (χ1) is 9.97. The maximum atomic E-state index is 11.5. The molecule has 0 bridgehead atoms. The van der Waals surface area contributed by atoms with Gasteiger partial charge >= 0.3 is 0 Å². The number of aromatic amines is 1. The molecular weight excluding hydrogens is 334 g/mol. The summed E-state index contributed by atoms with van der Waals surface area (Å²) in [5.74, 6) is -0.485. The number of pyridine rings is 1. The molecule has 106 valence electrons. The van der Waals surface area contributed by atoms with Crippen LogP contribution in [0.4, 0.5) is 0 Å². The highest BCUT2D eigenvalue weighted by Gasteiger charge is 2.13. The second kappa shape index (κ2) is 4.89. The van der Waals surface area contributed by atoms with Crippen LogP contribution >= 0.6 is 15.9 Å². The largest absolute Gasteiger partial charge is 0.366 e. The zero-order chi connectivity index (χ0) is 15.1.